The summed E-state index contributed by atoms with van der Waals surface area (Å²) in [6.07, 6.45) is 1.62. The van der Waals surface area contributed by atoms with Crippen LogP contribution in [0.5, 0.6) is 5.75 Å². The fourth-order valence-corrected chi connectivity index (χ4v) is 3.34. The number of likely N-dealkylation sites (N-methyl/N-ethyl adjacent to an activating group) is 1. The second-order valence-corrected chi connectivity index (χ2v) is 6.97. The molecule has 0 aliphatic carbocycles. The fraction of sp³-hybridized carbons (Fsp3) is 0.250. The summed E-state index contributed by atoms with van der Waals surface area (Å²) in [4.78, 5) is 14.4. The number of carbonyl (C=O) groups is 1. The summed E-state index contributed by atoms with van der Waals surface area (Å²) in [5.74, 6) is -0.321. The summed E-state index contributed by atoms with van der Waals surface area (Å²) in [6, 6.07) is 12.1. The maximum atomic E-state index is 13.2. The van der Waals surface area contributed by atoms with Gasteiger partial charge in [0.2, 0.25) is 0 Å². The van der Waals surface area contributed by atoms with Crippen molar-refractivity contribution in [1.82, 2.24) is 0 Å². The molecular formula is C20H19ClFNO2. The van der Waals surface area contributed by atoms with Crippen molar-refractivity contribution in [2.24, 2.45) is 0 Å². The molecule has 0 saturated carbocycles. The Morgan fingerprint density at radius 3 is 2.68 bits per heavy atom. The van der Waals surface area contributed by atoms with E-state index in [2.05, 4.69) is 19.9 Å². The Balaban J connectivity index is 1.76. The topological polar surface area (TPSA) is 29.5 Å². The third-order valence-electron chi connectivity index (χ3n) is 4.51. The minimum atomic E-state index is -0.519. The molecule has 1 heterocycles. The average molecular weight is 360 g/mol. The fourth-order valence-electron chi connectivity index (χ4n) is 3.17. The number of ketones is 1. The highest BCUT2D eigenvalue weighted by Gasteiger charge is 2.38. The summed E-state index contributed by atoms with van der Waals surface area (Å²) in [5, 5.41) is -0.0320. The predicted octanol–water partition coefficient (Wildman–Crippen LogP) is 4.74. The first-order valence-electron chi connectivity index (χ1n) is 7.97. The SMILES string of the molecule is CN1C(=CC(=O)COc2ccc(F)c(Cl)c2)C(C)(C)c2ccccc21. The molecule has 25 heavy (non-hydrogen) atoms. The molecule has 130 valence electrons. The molecule has 0 spiro atoms. The monoisotopic (exact) mass is 359 g/mol. The van der Waals surface area contributed by atoms with Crippen molar-refractivity contribution in [1.29, 1.82) is 0 Å². The molecule has 2 aromatic rings. The Hall–Kier alpha value is -2.33. The molecule has 0 N–H and O–H groups in total. The first-order valence-corrected chi connectivity index (χ1v) is 8.34. The van der Waals surface area contributed by atoms with Gasteiger partial charge < -0.3 is 9.64 Å². The van der Waals surface area contributed by atoms with Gasteiger partial charge in [0.25, 0.3) is 0 Å². The summed E-state index contributed by atoms with van der Waals surface area (Å²) < 4.78 is 18.6. The maximum Gasteiger partial charge on any atom is 0.194 e. The number of fused-ring (bicyclic) bond motifs is 1. The highest BCUT2D eigenvalue weighted by molar-refractivity contribution is 6.30. The van der Waals surface area contributed by atoms with Gasteiger partial charge in [-0.1, -0.05) is 43.6 Å². The van der Waals surface area contributed by atoms with Gasteiger partial charge in [-0.25, -0.2) is 4.39 Å². The lowest BCUT2D eigenvalue weighted by molar-refractivity contribution is -0.116. The number of carbonyl (C=O) groups excluding carboxylic acids is 1. The lowest BCUT2D eigenvalue weighted by Gasteiger charge is -2.23. The third kappa shape index (κ3) is 3.27. The number of allylic oxidation sites excluding steroid dienone is 1. The molecule has 0 unspecified atom stereocenters. The molecule has 0 aromatic heterocycles. The molecular weight excluding hydrogens is 341 g/mol. The minimum Gasteiger partial charge on any atom is -0.485 e. The zero-order chi connectivity index (χ0) is 18.2. The van der Waals surface area contributed by atoms with E-state index in [1.165, 1.54) is 23.8 Å². The van der Waals surface area contributed by atoms with Crippen LogP contribution in [0.4, 0.5) is 10.1 Å². The van der Waals surface area contributed by atoms with Crippen LogP contribution in [0.1, 0.15) is 19.4 Å². The molecule has 0 bridgehead atoms. The normalized spacial score (nSPS) is 16.8. The highest BCUT2D eigenvalue weighted by atomic mass is 35.5. The van der Waals surface area contributed by atoms with Crippen LogP contribution < -0.4 is 9.64 Å². The first kappa shape index (κ1) is 17.5. The number of ether oxygens (including phenoxy) is 1. The van der Waals surface area contributed by atoms with E-state index in [9.17, 15) is 9.18 Å². The summed E-state index contributed by atoms with van der Waals surface area (Å²) in [5.41, 5.74) is 2.93. The zero-order valence-corrected chi connectivity index (χ0v) is 15.1. The van der Waals surface area contributed by atoms with E-state index in [1.807, 2.05) is 30.1 Å². The van der Waals surface area contributed by atoms with Crippen molar-refractivity contribution in [3.8, 4) is 5.75 Å². The van der Waals surface area contributed by atoms with Gasteiger partial charge in [-0.2, -0.15) is 0 Å². The smallest absolute Gasteiger partial charge is 0.194 e. The third-order valence-corrected chi connectivity index (χ3v) is 4.80. The summed E-state index contributed by atoms with van der Waals surface area (Å²) >= 11 is 5.72. The lowest BCUT2D eigenvalue weighted by Crippen LogP contribution is -2.25. The van der Waals surface area contributed by atoms with Gasteiger partial charge in [-0.05, 0) is 23.8 Å². The Kier molecular flexibility index (Phi) is 4.56. The molecule has 3 rings (SSSR count). The summed E-state index contributed by atoms with van der Waals surface area (Å²) in [6.45, 7) is 4.05. The number of rotatable bonds is 4. The highest BCUT2D eigenvalue weighted by Crippen LogP contribution is 2.46. The number of hydrogen-bond acceptors (Lipinski definition) is 3. The standard InChI is InChI=1S/C20H19ClFNO2/c1-20(2)15-6-4-5-7-18(15)23(3)19(20)10-13(24)12-25-14-8-9-17(22)16(21)11-14/h4-11H,12H2,1-3H3. The molecule has 5 heteroatoms. The molecule has 0 fully saturated rings. The van der Waals surface area contributed by atoms with Crippen LogP contribution in [0.3, 0.4) is 0 Å². The van der Waals surface area contributed by atoms with Crippen LogP contribution in [0.2, 0.25) is 5.02 Å². The molecule has 0 amide bonds. The van der Waals surface area contributed by atoms with Gasteiger partial charge in [-0.3, -0.25) is 4.79 Å². The number of benzene rings is 2. The largest absolute Gasteiger partial charge is 0.485 e. The van der Waals surface area contributed by atoms with Crippen LogP contribution in [0, 0.1) is 5.82 Å². The molecule has 1 aliphatic rings. The molecule has 3 nitrogen and oxygen atoms in total. The van der Waals surface area contributed by atoms with Gasteiger partial charge in [0.1, 0.15) is 11.6 Å². The van der Waals surface area contributed by atoms with Gasteiger partial charge in [0.05, 0.1) is 5.02 Å². The van der Waals surface area contributed by atoms with Crippen LogP contribution in [0.15, 0.2) is 54.2 Å². The lowest BCUT2D eigenvalue weighted by atomic mass is 9.83. The van der Waals surface area contributed by atoms with Crippen molar-refractivity contribution < 1.29 is 13.9 Å². The van der Waals surface area contributed by atoms with E-state index in [4.69, 9.17) is 16.3 Å². The van der Waals surface area contributed by atoms with Crippen LogP contribution in [-0.2, 0) is 10.2 Å². The molecule has 0 saturated heterocycles. The molecule has 1 aliphatic heterocycles. The quantitative estimate of drug-likeness (QED) is 0.738. The van der Waals surface area contributed by atoms with Crippen LogP contribution in [0.25, 0.3) is 0 Å². The van der Waals surface area contributed by atoms with Crippen LogP contribution >= 0.6 is 11.6 Å². The molecule has 0 radical (unpaired) electrons. The van der Waals surface area contributed by atoms with E-state index < -0.39 is 5.82 Å². The van der Waals surface area contributed by atoms with E-state index in [0.29, 0.717) is 5.75 Å². The second kappa shape index (κ2) is 6.52. The predicted molar refractivity (Wildman–Crippen MR) is 97.9 cm³/mol. The van der Waals surface area contributed by atoms with Gasteiger partial charge in [-0.15, -0.1) is 0 Å². The van der Waals surface area contributed by atoms with E-state index in [-0.39, 0.29) is 22.8 Å². The van der Waals surface area contributed by atoms with Gasteiger partial charge in [0, 0.05) is 36.0 Å². The van der Waals surface area contributed by atoms with Crippen molar-refractivity contribution in [3.05, 3.63) is 70.6 Å². The number of anilines is 1. The Bertz CT molecular complexity index is 861. The van der Waals surface area contributed by atoms with E-state index in [0.717, 1.165) is 11.4 Å². The maximum absolute atomic E-state index is 13.2. The first-order chi connectivity index (χ1) is 11.8. The molecule has 2 aromatic carbocycles. The Morgan fingerprint density at radius 2 is 2.00 bits per heavy atom. The number of halogens is 2. The van der Waals surface area contributed by atoms with Crippen molar-refractivity contribution >= 4 is 23.1 Å². The van der Waals surface area contributed by atoms with Crippen molar-refractivity contribution in [2.45, 2.75) is 19.3 Å². The zero-order valence-electron chi connectivity index (χ0n) is 14.3. The van der Waals surface area contributed by atoms with Gasteiger partial charge in [0.15, 0.2) is 12.4 Å². The van der Waals surface area contributed by atoms with E-state index in [1.54, 1.807) is 6.08 Å². The average Bonchev–Trinajstić information content (AvgIpc) is 2.77. The Morgan fingerprint density at radius 1 is 1.28 bits per heavy atom. The summed E-state index contributed by atoms with van der Waals surface area (Å²) in [7, 11) is 1.95. The van der Waals surface area contributed by atoms with Crippen molar-refractivity contribution in [2.75, 3.05) is 18.6 Å². The number of hydrogen-bond donors (Lipinski definition) is 0. The second-order valence-electron chi connectivity index (χ2n) is 6.56. The minimum absolute atomic E-state index is 0.0320. The number of para-hydroxylation sites is 1. The van der Waals surface area contributed by atoms with Crippen molar-refractivity contribution in [3.63, 3.8) is 0 Å². The van der Waals surface area contributed by atoms with Crippen LogP contribution in [-0.4, -0.2) is 19.4 Å². The Labute approximate surface area is 151 Å². The number of nitrogens with zero attached hydrogens (tertiary/aromatic N) is 1. The molecule has 0 atom stereocenters. The van der Waals surface area contributed by atoms with Gasteiger partial charge >= 0.3 is 0 Å². The van der Waals surface area contributed by atoms with E-state index >= 15 is 0 Å².